The number of benzene rings is 16. The third-order valence-electron chi connectivity index (χ3n) is 23.4. The molecule has 2 aliphatic heterocycles. The van der Waals surface area contributed by atoms with Crippen molar-refractivity contribution in [2.75, 3.05) is 14.7 Å². The van der Waals surface area contributed by atoms with Gasteiger partial charge in [0.25, 0.3) is 6.71 Å². The Labute approximate surface area is 641 Å². The van der Waals surface area contributed by atoms with Gasteiger partial charge >= 0.3 is 0 Å². The average molecular weight is 1410 g/mol. The topological polar surface area (TPSA) is 27.3 Å². The zero-order chi connectivity index (χ0) is 73.7. The Balaban J connectivity index is 0.908. The summed E-state index contributed by atoms with van der Waals surface area (Å²) >= 11 is 0. The molecule has 0 aliphatic carbocycles. The average Bonchev–Trinajstić information content (AvgIpc) is 0.736. The highest BCUT2D eigenvalue weighted by Crippen LogP contribution is 2.56. The summed E-state index contributed by atoms with van der Waals surface area (Å²) in [6, 6.07) is 135. The number of hydrogen-bond acceptors (Lipinski definition) is 4. The van der Waals surface area contributed by atoms with Crippen molar-refractivity contribution in [3.8, 4) is 66.8 Å². The van der Waals surface area contributed by atoms with E-state index in [1.807, 2.05) is 0 Å². The Hall–Kier alpha value is -13.4. The van der Waals surface area contributed by atoms with Crippen molar-refractivity contribution in [3.63, 3.8) is 0 Å². The zero-order valence-corrected chi connectivity index (χ0v) is 62.3. The highest BCUT2D eigenvalue weighted by atomic mass is 16.3. The Morgan fingerprint density at radius 3 is 1.21 bits per heavy atom. The molecule has 110 heavy (non-hydrogen) atoms. The largest absolute Gasteiger partial charge is 0.456 e. The van der Waals surface area contributed by atoms with Crippen LogP contribution in [0.1, 0.15) is 52.7 Å². The summed E-state index contributed by atoms with van der Waals surface area (Å²) in [4.78, 5) is 7.84. The van der Waals surface area contributed by atoms with Crippen LogP contribution in [0.4, 0.5) is 51.2 Å². The molecule has 0 N–H and O–H groups in total. The number of aromatic nitrogens is 1. The fourth-order valence-electron chi connectivity index (χ4n) is 18.1. The maximum atomic E-state index is 6.68. The van der Waals surface area contributed by atoms with E-state index in [9.17, 15) is 0 Å². The van der Waals surface area contributed by atoms with Gasteiger partial charge < -0.3 is 23.5 Å². The monoisotopic (exact) mass is 1410 g/mol. The van der Waals surface area contributed by atoms with Crippen molar-refractivity contribution < 1.29 is 4.42 Å². The Kier molecular flexibility index (Phi) is 14.8. The second-order valence-electron chi connectivity index (χ2n) is 31.9. The maximum absolute atomic E-state index is 6.68. The highest BCUT2D eigenvalue weighted by molar-refractivity contribution is 7.00. The van der Waals surface area contributed by atoms with E-state index in [1.165, 1.54) is 65.6 Å². The fourth-order valence-corrected chi connectivity index (χ4v) is 18.1. The molecule has 0 atom stereocenters. The number of nitrogens with zero attached hydrogens (tertiary/aromatic N) is 4. The van der Waals surface area contributed by atoms with E-state index in [2.05, 4.69) is 419 Å². The molecule has 19 aromatic rings. The molecular formula is C104H77BN4O. The van der Waals surface area contributed by atoms with Crippen LogP contribution in [0.3, 0.4) is 0 Å². The summed E-state index contributed by atoms with van der Waals surface area (Å²) in [5.41, 5.74) is 34.6. The van der Waals surface area contributed by atoms with Gasteiger partial charge in [-0.25, -0.2) is 0 Å². The normalized spacial score (nSPS) is 12.8. The molecule has 2 aliphatic rings. The molecule has 6 heteroatoms. The van der Waals surface area contributed by atoms with Crippen molar-refractivity contribution in [3.05, 3.63) is 369 Å². The second kappa shape index (κ2) is 25.1. The predicted molar refractivity (Wildman–Crippen MR) is 467 cm³/mol. The lowest BCUT2D eigenvalue weighted by molar-refractivity contribution is 0.590. The van der Waals surface area contributed by atoms with Gasteiger partial charge in [-0.15, -0.1) is 0 Å². The third kappa shape index (κ3) is 10.4. The first-order valence-corrected chi connectivity index (χ1v) is 38.5. The molecule has 3 aromatic heterocycles. The molecule has 0 bridgehead atoms. The SMILES string of the molecule is CC(C)(C)c1ccc(N(c2ccc(C(C)(C)C)cc2)c2ccc3c(c2)N(c2c(-c4ccccc4)cccc2-c2ccccc2)c2cc(-c4ccc5oc6ccccc6c5c4)cc4c2B3c2ccc(-c3ccc5c(c3)c3cccc6c7ccccc7n5c63)cc2N4c2c(-c3ccccc3)cccc2-c2ccccc2)cc1. The molecule has 5 nitrogen and oxygen atoms in total. The molecule has 0 saturated heterocycles. The summed E-state index contributed by atoms with van der Waals surface area (Å²) < 4.78 is 9.17. The summed E-state index contributed by atoms with van der Waals surface area (Å²) in [6.45, 7) is 13.5. The summed E-state index contributed by atoms with van der Waals surface area (Å²) in [7, 11) is 0. The maximum Gasteiger partial charge on any atom is 0.252 e. The van der Waals surface area contributed by atoms with Gasteiger partial charge in [0.05, 0.1) is 27.9 Å². The lowest BCUT2D eigenvalue weighted by Crippen LogP contribution is -2.61. The van der Waals surface area contributed by atoms with Gasteiger partial charge in [0.15, 0.2) is 0 Å². The van der Waals surface area contributed by atoms with Crippen LogP contribution in [0.5, 0.6) is 0 Å². The van der Waals surface area contributed by atoms with E-state index in [1.54, 1.807) is 0 Å². The van der Waals surface area contributed by atoms with E-state index in [-0.39, 0.29) is 17.5 Å². The number of furan rings is 1. The molecule has 0 saturated carbocycles. The minimum atomic E-state index is -0.287. The van der Waals surface area contributed by atoms with Crippen molar-refractivity contribution in [2.45, 2.75) is 52.4 Å². The lowest BCUT2D eigenvalue weighted by atomic mass is 9.33. The molecule has 0 unspecified atom stereocenters. The Morgan fingerprint density at radius 1 is 0.273 bits per heavy atom. The number of fused-ring (bicyclic) bond motifs is 13. The van der Waals surface area contributed by atoms with Crippen LogP contribution in [-0.4, -0.2) is 11.1 Å². The first kappa shape index (κ1) is 64.9. The quantitative estimate of drug-likeness (QED) is 0.121. The predicted octanol–water partition coefficient (Wildman–Crippen LogP) is 26.9. The van der Waals surface area contributed by atoms with Gasteiger partial charge in [-0.05, 0) is 174 Å². The van der Waals surface area contributed by atoms with E-state index in [0.717, 1.165) is 140 Å². The molecule has 21 rings (SSSR count). The molecule has 0 spiro atoms. The van der Waals surface area contributed by atoms with Crippen LogP contribution in [0.15, 0.2) is 362 Å². The molecule has 0 radical (unpaired) electrons. The van der Waals surface area contributed by atoms with Gasteiger partial charge in [-0.2, -0.15) is 0 Å². The van der Waals surface area contributed by atoms with Crippen molar-refractivity contribution >= 4 is 134 Å². The summed E-state index contributed by atoms with van der Waals surface area (Å²) in [5, 5.41) is 7.19. The number of rotatable bonds is 11. The van der Waals surface area contributed by atoms with Crippen molar-refractivity contribution in [1.29, 1.82) is 0 Å². The Bertz CT molecular complexity index is 6670. The fraction of sp³-hybridized carbons (Fsp3) is 0.0769. The van der Waals surface area contributed by atoms with E-state index < -0.39 is 0 Å². The van der Waals surface area contributed by atoms with E-state index in [4.69, 9.17) is 4.42 Å². The van der Waals surface area contributed by atoms with Gasteiger partial charge in [0, 0.05) is 94.4 Å². The lowest BCUT2D eigenvalue weighted by Gasteiger charge is -2.46. The molecule has 522 valence electrons. The first-order valence-electron chi connectivity index (χ1n) is 38.5. The first-order chi connectivity index (χ1) is 53.8. The molecule has 5 heterocycles. The van der Waals surface area contributed by atoms with E-state index in [0.29, 0.717) is 0 Å². The minimum absolute atomic E-state index is 0.0472. The smallest absolute Gasteiger partial charge is 0.252 e. The van der Waals surface area contributed by atoms with Crippen LogP contribution < -0.4 is 31.1 Å². The van der Waals surface area contributed by atoms with Gasteiger partial charge in [0.2, 0.25) is 0 Å². The van der Waals surface area contributed by atoms with Crippen LogP contribution >= 0.6 is 0 Å². The van der Waals surface area contributed by atoms with Crippen molar-refractivity contribution in [2.24, 2.45) is 0 Å². The van der Waals surface area contributed by atoms with Gasteiger partial charge in [0.1, 0.15) is 11.2 Å². The van der Waals surface area contributed by atoms with Crippen LogP contribution in [0.25, 0.3) is 127 Å². The summed E-state index contributed by atoms with van der Waals surface area (Å²) in [5.74, 6) is 0. The van der Waals surface area contributed by atoms with Crippen LogP contribution in [0.2, 0.25) is 0 Å². The van der Waals surface area contributed by atoms with E-state index >= 15 is 0 Å². The molecule has 0 amide bonds. The van der Waals surface area contributed by atoms with Gasteiger partial charge in [-0.1, -0.05) is 308 Å². The summed E-state index contributed by atoms with van der Waals surface area (Å²) in [6.07, 6.45) is 0. The number of hydrogen-bond donors (Lipinski definition) is 0. The second-order valence-corrected chi connectivity index (χ2v) is 31.9. The molecule has 0 fully saturated rings. The Morgan fingerprint density at radius 2 is 0.664 bits per heavy atom. The van der Waals surface area contributed by atoms with Crippen molar-refractivity contribution in [1.82, 2.24) is 4.40 Å². The van der Waals surface area contributed by atoms with Crippen LogP contribution in [-0.2, 0) is 10.8 Å². The molecule has 16 aromatic carbocycles. The zero-order valence-electron chi connectivity index (χ0n) is 62.3. The third-order valence-corrected chi connectivity index (χ3v) is 23.4. The van der Waals surface area contributed by atoms with Crippen LogP contribution in [0, 0.1) is 0 Å². The molecular weight excluding hydrogens is 1330 g/mol. The minimum Gasteiger partial charge on any atom is -0.456 e. The van der Waals surface area contributed by atoms with Gasteiger partial charge in [-0.3, -0.25) is 0 Å². The number of anilines is 9. The highest BCUT2D eigenvalue weighted by Gasteiger charge is 2.46. The standard InChI is InChI=1S/C104H77BN4O/c1-103(2,3)74-47-51-76(52-48-74)106(77-53-49-75(50-54-77)104(4,5)6)78-55-57-90-94(65-78)109(101-81(68-30-15-9-16-31-68)38-24-39-82(101)69-32-17-10-18-33-69)96-64-73(71-46-59-98-88(61-71)84-35-20-22-43-97(84)110-98)63-95-99(96)105(90)89-56-44-72(70-45-58-92-87(60-70)86-41-25-40-85-83-34-19-21-42-91(83)107(92)102(85)86)62-93(89)108(95)100-79(66-26-11-7-12-27-66)36-23-37-80(100)67-28-13-8-14-29-67/h7-65H,1-6H3. The number of para-hydroxylation sites is 5.